The van der Waals surface area contributed by atoms with Gasteiger partial charge in [0.1, 0.15) is 5.75 Å². The first-order valence-corrected chi connectivity index (χ1v) is 8.05. The summed E-state index contributed by atoms with van der Waals surface area (Å²) in [5.74, 6) is 0.340. The number of amides is 1. The van der Waals surface area contributed by atoms with Gasteiger partial charge in [0.25, 0.3) is 11.5 Å². The van der Waals surface area contributed by atoms with E-state index in [1.165, 1.54) is 0 Å². The summed E-state index contributed by atoms with van der Waals surface area (Å²) in [5, 5.41) is 2.74. The number of hydrogen-bond acceptors (Lipinski definition) is 3. The second-order valence-corrected chi connectivity index (χ2v) is 6.29. The van der Waals surface area contributed by atoms with Crippen LogP contribution in [-0.2, 0) is 11.3 Å². The highest BCUT2D eigenvalue weighted by Crippen LogP contribution is 2.17. The van der Waals surface area contributed by atoms with Crippen LogP contribution in [0.3, 0.4) is 0 Å². The highest BCUT2D eigenvalue weighted by Gasteiger charge is 2.15. The molecule has 0 aliphatic carbocycles. The van der Waals surface area contributed by atoms with Crippen LogP contribution in [0, 0.1) is 13.8 Å². The zero-order valence-electron chi connectivity index (χ0n) is 13.3. The minimum absolute atomic E-state index is 0.175. The number of ether oxygens (including phenoxy) is 1. The van der Waals surface area contributed by atoms with E-state index in [4.69, 9.17) is 4.74 Å². The van der Waals surface area contributed by atoms with Crippen molar-refractivity contribution >= 4 is 21.8 Å². The molecule has 0 aliphatic rings. The molecule has 0 fully saturated rings. The quantitative estimate of drug-likeness (QED) is 0.839. The molecule has 2 rings (SSSR count). The zero-order chi connectivity index (χ0) is 17.0. The molecule has 0 unspecified atom stereocenters. The average Bonchev–Trinajstić information content (AvgIpc) is 2.48. The minimum Gasteiger partial charge on any atom is -0.481 e. The van der Waals surface area contributed by atoms with E-state index < -0.39 is 6.10 Å². The lowest BCUT2D eigenvalue weighted by Gasteiger charge is -2.15. The normalized spacial score (nSPS) is 11.8. The lowest BCUT2D eigenvalue weighted by atomic mass is 10.1. The first-order chi connectivity index (χ1) is 10.9. The Labute approximate surface area is 143 Å². The topological polar surface area (TPSA) is 71.2 Å². The van der Waals surface area contributed by atoms with Gasteiger partial charge in [-0.3, -0.25) is 9.59 Å². The fraction of sp³-hybridized carbons (Fsp3) is 0.294. The molecule has 0 saturated carbocycles. The molecule has 1 aromatic heterocycles. The van der Waals surface area contributed by atoms with E-state index in [0.29, 0.717) is 11.3 Å². The number of rotatable bonds is 5. The number of H-pyrrole nitrogens is 1. The number of carbonyl (C=O) groups excluding carboxylic acids is 1. The molecule has 122 valence electrons. The lowest BCUT2D eigenvalue weighted by molar-refractivity contribution is -0.127. The molecule has 1 amide bonds. The number of pyridine rings is 1. The number of carbonyl (C=O) groups is 1. The third-order valence-electron chi connectivity index (χ3n) is 3.43. The summed E-state index contributed by atoms with van der Waals surface area (Å²) in [5.41, 5.74) is 2.03. The monoisotopic (exact) mass is 378 g/mol. The Kier molecular flexibility index (Phi) is 5.60. The molecule has 1 atom stereocenters. The van der Waals surface area contributed by atoms with Crippen molar-refractivity contribution in [2.24, 2.45) is 0 Å². The predicted molar refractivity (Wildman–Crippen MR) is 92.6 cm³/mol. The Bertz CT molecular complexity index is 753. The van der Waals surface area contributed by atoms with Crippen molar-refractivity contribution in [1.82, 2.24) is 10.3 Å². The Hall–Kier alpha value is -2.08. The Morgan fingerprint density at radius 2 is 1.96 bits per heavy atom. The number of hydrogen-bond donors (Lipinski definition) is 2. The summed E-state index contributed by atoms with van der Waals surface area (Å²) in [6.45, 7) is 5.52. The number of halogens is 1. The van der Waals surface area contributed by atoms with E-state index in [0.717, 1.165) is 15.7 Å². The van der Waals surface area contributed by atoms with Gasteiger partial charge in [-0.2, -0.15) is 0 Å². The van der Waals surface area contributed by atoms with Gasteiger partial charge in [-0.05, 0) is 56.7 Å². The molecule has 0 radical (unpaired) electrons. The number of benzene rings is 1. The highest BCUT2D eigenvalue weighted by molar-refractivity contribution is 9.10. The predicted octanol–water partition coefficient (Wildman–Crippen LogP) is 2.84. The molecule has 0 saturated heterocycles. The molecule has 1 heterocycles. The van der Waals surface area contributed by atoms with Crippen molar-refractivity contribution in [2.45, 2.75) is 33.4 Å². The summed E-state index contributed by atoms with van der Waals surface area (Å²) < 4.78 is 6.52. The molecule has 5 nitrogen and oxygen atoms in total. The van der Waals surface area contributed by atoms with Gasteiger partial charge in [-0.15, -0.1) is 0 Å². The fourth-order valence-electron chi connectivity index (χ4n) is 2.19. The van der Waals surface area contributed by atoms with Gasteiger partial charge >= 0.3 is 0 Å². The van der Waals surface area contributed by atoms with Crippen LogP contribution in [0.5, 0.6) is 5.75 Å². The van der Waals surface area contributed by atoms with E-state index in [1.807, 2.05) is 32.0 Å². The molecule has 1 aromatic carbocycles. The van der Waals surface area contributed by atoms with Crippen molar-refractivity contribution in [3.8, 4) is 5.75 Å². The van der Waals surface area contributed by atoms with Crippen LogP contribution in [-0.4, -0.2) is 17.0 Å². The van der Waals surface area contributed by atoms with Gasteiger partial charge < -0.3 is 15.0 Å². The largest absolute Gasteiger partial charge is 0.481 e. The summed E-state index contributed by atoms with van der Waals surface area (Å²) in [6.07, 6.45) is -0.652. The first kappa shape index (κ1) is 17.3. The number of aryl methyl sites for hydroxylation is 2. The molecule has 0 bridgehead atoms. The van der Waals surface area contributed by atoms with E-state index in [9.17, 15) is 9.59 Å². The maximum atomic E-state index is 12.1. The smallest absolute Gasteiger partial charge is 0.261 e. The van der Waals surface area contributed by atoms with Crippen molar-refractivity contribution < 1.29 is 9.53 Å². The Morgan fingerprint density at radius 1 is 1.30 bits per heavy atom. The first-order valence-electron chi connectivity index (χ1n) is 7.26. The van der Waals surface area contributed by atoms with Crippen LogP contribution in [0.1, 0.15) is 23.7 Å². The summed E-state index contributed by atoms with van der Waals surface area (Å²) >= 11 is 3.34. The molecule has 0 aliphatic heterocycles. The minimum atomic E-state index is -0.652. The maximum Gasteiger partial charge on any atom is 0.261 e. The molecule has 6 heteroatoms. The average molecular weight is 379 g/mol. The second kappa shape index (κ2) is 7.46. The fourth-order valence-corrected chi connectivity index (χ4v) is 2.46. The van der Waals surface area contributed by atoms with Gasteiger partial charge in [0, 0.05) is 22.3 Å². The van der Waals surface area contributed by atoms with E-state index in [-0.39, 0.29) is 18.0 Å². The third-order valence-corrected chi connectivity index (χ3v) is 3.96. The van der Waals surface area contributed by atoms with Crippen molar-refractivity contribution in [1.29, 1.82) is 0 Å². The van der Waals surface area contributed by atoms with Crippen LogP contribution in [0.15, 0.2) is 39.6 Å². The van der Waals surface area contributed by atoms with Crippen molar-refractivity contribution in [2.75, 3.05) is 0 Å². The molecular formula is C17H19BrN2O3. The SMILES string of the molecule is Cc1cc(C)c(CNC(=O)[C@@H](C)Oc2ccc(Br)cc2)c(=O)[nH]1. The van der Waals surface area contributed by atoms with Crippen LogP contribution >= 0.6 is 15.9 Å². The number of aromatic amines is 1. The second-order valence-electron chi connectivity index (χ2n) is 5.37. The number of aromatic nitrogens is 1. The number of nitrogens with one attached hydrogen (secondary N) is 2. The molecule has 2 aromatic rings. The van der Waals surface area contributed by atoms with Crippen LogP contribution in [0.25, 0.3) is 0 Å². The van der Waals surface area contributed by atoms with Crippen LogP contribution in [0.4, 0.5) is 0 Å². The van der Waals surface area contributed by atoms with Crippen LogP contribution < -0.4 is 15.6 Å². The van der Waals surface area contributed by atoms with Crippen LogP contribution in [0.2, 0.25) is 0 Å². The molecule has 0 spiro atoms. The third kappa shape index (κ3) is 4.69. The van der Waals surface area contributed by atoms with Crippen molar-refractivity contribution in [3.63, 3.8) is 0 Å². The summed E-state index contributed by atoms with van der Waals surface area (Å²) in [4.78, 5) is 26.8. The van der Waals surface area contributed by atoms with Gasteiger partial charge in [0.15, 0.2) is 6.10 Å². The summed E-state index contributed by atoms with van der Waals surface area (Å²) in [7, 11) is 0. The lowest BCUT2D eigenvalue weighted by Crippen LogP contribution is -2.37. The van der Waals surface area contributed by atoms with Crippen molar-refractivity contribution in [3.05, 3.63) is 62.0 Å². The Balaban J connectivity index is 1.97. The van der Waals surface area contributed by atoms with E-state index >= 15 is 0 Å². The standard InChI is InChI=1S/C17H19BrN2O3/c1-10-8-11(2)20-17(22)15(10)9-19-16(21)12(3)23-14-6-4-13(18)5-7-14/h4-8,12H,9H2,1-3H3,(H,19,21)(H,20,22)/t12-/m1/s1. The molecule has 2 N–H and O–H groups in total. The maximum absolute atomic E-state index is 12.1. The van der Waals surface area contributed by atoms with Gasteiger partial charge in [0.2, 0.25) is 0 Å². The van der Waals surface area contributed by atoms with Gasteiger partial charge in [0.05, 0.1) is 0 Å². The Morgan fingerprint density at radius 3 is 2.57 bits per heavy atom. The van der Waals surface area contributed by atoms with Gasteiger partial charge in [-0.1, -0.05) is 15.9 Å². The molecule has 23 heavy (non-hydrogen) atoms. The zero-order valence-corrected chi connectivity index (χ0v) is 14.9. The highest BCUT2D eigenvalue weighted by atomic mass is 79.9. The van der Waals surface area contributed by atoms with Gasteiger partial charge in [-0.25, -0.2) is 0 Å². The molecular weight excluding hydrogens is 360 g/mol. The van der Waals surface area contributed by atoms with E-state index in [1.54, 1.807) is 19.1 Å². The van der Waals surface area contributed by atoms with E-state index in [2.05, 4.69) is 26.2 Å². The summed E-state index contributed by atoms with van der Waals surface area (Å²) in [6, 6.07) is 9.13.